The van der Waals surface area contributed by atoms with Crippen molar-refractivity contribution in [2.75, 3.05) is 20.0 Å². The highest BCUT2D eigenvalue weighted by atomic mass is 32.2. The Morgan fingerprint density at radius 1 is 1.40 bits per heavy atom. The second-order valence-corrected chi connectivity index (χ2v) is 6.80. The third kappa shape index (κ3) is 2.29. The Balaban J connectivity index is 2.22. The largest absolute Gasteiger partial charge is 0.383 e. The molecule has 3 rings (SSSR count). The van der Waals surface area contributed by atoms with Crippen molar-refractivity contribution in [3.8, 4) is 0 Å². The third-order valence-corrected chi connectivity index (χ3v) is 5.60. The Morgan fingerprint density at radius 2 is 2.20 bits per heavy atom. The summed E-state index contributed by atoms with van der Waals surface area (Å²) >= 11 is 3.23. The molecule has 108 valence electrons. The lowest BCUT2D eigenvalue weighted by atomic mass is 9.97. The summed E-state index contributed by atoms with van der Waals surface area (Å²) in [6.45, 7) is 1.10. The van der Waals surface area contributed by atoms with E-state index in [0.717, 1.165) is 28.2 Å². The van der Waals surface area contributed by atoms with Crippen molar-refractivity contribution in [2.24, 2.45) is 0 Å². The van der Waals surface area contributed by atoms with Gasteiger partial charge in [-0.15, -0.1) is 11.3 Å². The molecule has 6 heteroatoms. The number of aromatic nitrogens is 2. The SMILES string of the molecule is COCCn1c(SC)nc2sc3c(c2c1=O)CCCC3. The van der Waals surface area contributed by atoms with Gasteiger partial charge in [0.1, 0.15) is 4.83 Å². The second kappa shape index (κ2) is 5.87. The molecule has 0 bridgehead atoms. The van der Waals surface area contributed by atoms with Crippen LogP contribution < -0.4 is 5.56 Å². The molecule has 0 fully saturated rings. The molecule has 0 amide bonds. The number of thioether (sulfide) groups is 1. The second-order valence-electron chi connectivity index (χ2n) is 4.94. The van der Waals surface area contributed by atoms with Crippen LogP contribution >= 0.6 is 23.1 Å². The maximum atomic E-state index is 12.8. The van der Waals surface area contributed by atoms with Gasteiger partial charge in [0.25, 0.3) is 5.56 Å². The van der Waals surface area contributed by atoms with Gasteiger partial charge in [-0.3, -0.25) is 9.36 Å². The number of fused-ring (bicyclic) bond motifs is 3. The normalized spacial score (nSPS) is 14.7. The molecule has 0 saturated carbocycles. The van der Waals surface area contributed by atoms with Gasteiger partial charge < -0.3 is 4.74 Å². The van der Waals surface area contributed by atoms with Crippen molar-refractivity contribution in [1.29, 1.82) is 0 Å². The van der Waals surface area contributed by atoms with Crippen LogP contribution in [0.1, 0.15) is 23.3 Å². The Morgan fingerprint density at radius 3 is 2.95 bits per heavy atom. The number of methoxy groups -OCH3 is 1. The Kier molecular flexibility index (Phi) is 4.14. The lowest BCUT2D eigenvalue weighted by Crippen LogP contribution is -2.25. The molecule has 2 aromatic heterocycles. The number of aryl methyl sites for hydroxylation is 2. The van der Waals surface area contributed by atoms with E-state index in [9.17, 15) is 4.79 Å². The maximum absolute atomic E-state index is 12.8. The first kappa shape index (κ1) is 14.1. The summed E-state index contributed by atoms with van der Waals surface area (Å²) in [7, 11) is 1.65. The van der Waals surface area contributed by atoms with Crippen LogP contribution in [0.25, 0.3) is 10.2 Å². The van der Waals surface area contributed by atoms with Gasteiger partial charge in [-0.1, -0.05) is 11.8 Å². The Hall–Kier alpha value is -0.850. The van der Waals surface area contributed by atoms with Crippen LogP contribution in [-0.2, 0) is 24.1 Å². The van der Waals surface area contributed by atoms with E-state index in [1.807, 2.05) is 6.26 Å². The standard InChI is InChI=1S/C14H18N2O2S2/c1-18-8-7-16-13(17)11-9-5-3-4-6-10(9)20-12(11)15-14(16)19-2/h3-8H2,1-2H3. The molecule has 0 unspecified atom stereocenters. The summed E-state index contributed by atoms with van der Waals surface area (Å²) in [6, 6.07) is 0. The fourth-order valence-electron chi connectivity index (χ4n) is 2.76. The van der Waals surface area contributed by atoms with Crippen LogP contribution in [-0.4, -0.2) is 29.5 Å². The third-order valence-electron chi connectivity index (χ3n) is 3.74. The monoisotopic (exact) mass is 310 g/mol. The van der Waals surface area contributed by atoms with Crippen LogP contribution in [0.5, 0.6) is 0 Å². The minimum atomic E-state index is 0.107. The molecule has 0 aliphatic heterocycles. The first-order valence-corrected chi connectivity index (χ1v) is 8.88. The topological polar surface area (TPSA) is 44.1 Å². The van der Waals surface area contributed by atoms with Gasteiger partial charge >= 0.3 is 0 Å². The summed E-state index contributed by atoms with van der Waals surface area (Å²) in [6.07, 6.45) is 6.50. The fourth-order valence-corrected chi connectivity index (χ4v) is 4.64. The smallest absolute Gasteiger partial charge is 0.263 e. The minimum Gasteiger partial charge on any atom is -0.383 e. The van der Waals surface area contributed by atoms with Gasteiger partial charge in [0.05, 0.1) is 18.5 Å². The Bertz CT molecular complexity index is 691. The van der Waals surface area contributed by atoms with E-state index in [-0.39, 0.29) is 5.56 Å². The molecule has 0 saturated heterocycles. The number of thiophene rings is 1. The minimum absolute atomic E-state index is 0.107. The van der Waals surface area contributed by atoms with Crippen LogP contribution in [0.3, 0.4) is 0 Å². The maximum Gasteiger partial charge on any atom is 0.263 e. The van der Waals surface area contributed by atoms with Crippen molar-refractivity contribution in [3.63, 3.8) is 0 Å². The van der Waals surface area contributed by atoms with E-state index < -0.39 is 0 Å². The summed E-state index contributed by atoms with van der Waals surface area (Å²) in [4.78, 5) is 19.8. The van der Waals surface area contributed by atoms with Crippen molar-refractivity contribution in [3.05, 3.63) is 20.8 Å². The molecule has 2 heterocycles. The van der Waals surface area contributed by atoms with E-state index in [1.54, 1.807) is 23.0 Å². The fraction of sp³-hybridized carbons (Fsp3) is 0.571. The Labute approximate surface area is 126 Å². The van der Waals surface area contributed by atoms with Crippen LogP contribution in [0.4, 0.5) is 0 Å². The number of nitrogens with zero attached hydrogens (tertiary/aromatic N) is 2. The van der Waals surface area contributed by atoms with Crippen molar-refractivity contribution in [2.45, 2.75) is 37.4 Å². The highest BCUT2D eigenvalue weighted by molar-refractivity contribution is 7.98. The quantitative estimate of drug-likeness (QED) is 0.643. The van der Waals surface area contributed by atoms with E-state index in [1.165, 1.54) is 35.0 Å². The highest BCUT2D eigenvalue weighted by Gasteiger charge is 2.21. The molecule has 1 aliphatic rings. The summed E-state index contributed by atoms with van der Waals surface area (Å²) < 4.78 is 6.87. The molecule has 20 heavy (non-hydrogen) atoms. The lowest BCUT2D eigenvalue weighted by molar-refractivity contribution is 0.183. The van der Waals surface area contributed by atoms with Gasteiger partial charge in [0, 0.05) is 12.0 Å². The van der Waals surface area contributed by atoms with E-state index in [2.05, 4.69) is 0 Å². The predicted octanol–water partition coefficient (Wildman–Crippen LogP) is 2.71. The number of rotatable bonds is 4. The van der Waals surface area contributed by atoms with Crippen LogP contribution in [0.15, 0.2) is 9.95 Å². The van der Waals surface area contributed by atoms with Gasteiger partial charge in [-0.05, 0) is 37.5 Å². The van der Waals surface area contributed by atoms with E-state index >= 15 is 0 Å². The van der Waals surface area contributed by atoms with Gasteiger partial charge in [-0.2, -0.15) is 0 Å². The average Bonchev–Trinajstić information content (AvgIpc) is 2.84. The first-order chi connectivity index (χ1) is 9.76. The van der Waals surface area contributed by atoms with Crippen LogP contribution in [0, 0.1) is 0 Å². The van der Waals surface area contributed by atoms with Gasteiger partial charge in [0.15, 0.2) is 5.16 Å². The number of ether oxygens (including phenoxy) is 1. The molecule has 0 aromatic carbocycles. The zero-order valence-electron chi connectivity index (χ0n) is 11.8. The molecule has 0 atom stereocenters. The zero-order chi connectivity index (χ0) is 14.1. The highest BCUT2D eigenvalue weighted by Crippen LogP contribution is 2.34. The van der Waals surface area contributed by atoms with Crippen molar-refractivity contribution in [1.82, 2.24) is 9.55 Å². The number of hydrogen-bond donors (Lipinski definition) is 0. The van der Waals surface area contributed by atoms with Crippen molar-refractivity contribution < 1.29 is 4.74 Å². The molecule has 0 radical (unpaired) electrons. The van der Waals surface area contributed by atoms with Crippen LogP contribution in [0.2, 0.25) is 0 Å². The molecule has 0 N–H and O–H groups in total. The average molecular weight is 310 g/mol. The van der Waals surface area contributed by atoms with E-state index in [0.29, 0.717) is 13.2 Å². The summed E-state index contributed by atoms with van der Waals surface area (Å²) in [5, 5.41) is 1.65. The summed E-state index contributed by atoms with van der Waals surface area (Å²) in [5.41, 5.74) is 1.36. The lowest BCUT2D eigenvalue weighted by Gasteiger charge is -2.12. The van der Waals surface area contributed by atoms with Crippen molar-refractivity contribution >= 4 is 33.3 Å². The number of hydrogen-bond acceptors (Lipinski definition) is 5. The van der Waals surface area contributed by atoms with Gasteiger partial charge in [-0.25, -0.2) is 4.98 Å². The molecular formula is C14H18N2O2S2. The summed E-state index contributed by atoms with van der Waals surface area (Å²) in [5.74, 6) is 0. The predicted molar refractivity (Wildman–Crippen MR) is 84.2 cm³/mol. The molecular weight excluding hydrogens is 292 g/mol. The molecule has 1 aliphatic carbocycles. The molecule has 0 spiro atoms. The molecule has 2 aromatic rings. The first-order valence-electron chi connectivity index (χ1n) is 6.84. The molecule has 4 nitrogen and oxygen atoms in total. The zero-order valence-corrected chi connectivity index (χ0v) is 13.4. The van der Waals surface area contributed by atoms with Gasteiger partial charge in [0.2, 0.25) is 0 Å². The van der Waals surface area contributed by atoms with E-state index in [4.69, 9.17) is 9.72 Å².